The van der Waals surface area contributed by atoms with Crippen LogP contribution in [0.3, 0.4) is 0 Å². The van der Waals surface area contributed by atoms with E-state index in [9.17, 15) is 4.79 Å². The van der Waals surface area contributed by atoms with Crippen molar-refractivity contribution < 1.29 is 9.90 Å². The van der Waals surface area contributed by atoms with Gasteiger partial charge in [-0.1, -0.05) is 48.0 Å². The molecule has 3 nitrogen and oxygen atoms in total. The van der Waals surface area contributed by atoms with Gasteiger partial charge in [-0.3, -0.25) is 4.79 Å². The summed E-state index contributed by atoms with van der Waals surface area (Å²) in [4.78, 5) is 11.8. The fourth-order valence-corrected chi connectivity index (χ4v) is 2.48. The summed E-state index contributed by atoms with van der Waals surface area (Å²) < 4.78 is 0. The summed E-state index contributed by atoms with van der Waals surface area (Å²) in [6.45, 7) is 0.697. The molecule has 0 aliphatic rings. The van der Waals surface area contributed by atoms with Gasteiger partial charge in [-0.05, 0) is 48.1 Å². The smallest absolute Gasteiger partial charge is 0.220 e. The van der Waals surface area contributed by atoms with Gasteiger partial charge in [-0.2, -0.15) is 0 Å². The van der Waals surface area contributed by atoms with Crippen molar-refractivity contribution in [2.24, 2.45) is 0 Å². The standard InChI is InChI=1S/C19H22ClNO2/c20-18-10-8-15(9-11-18)2-1-3-19(23)21-13-12-16-4-6-17(14-22)7-5-16/h4-11,22H,1-3,12-14H2,(H,21,23). The van der Waals surface area contributed by atoms with E-state index in [-0.39, 0.29) is 12.5 Å². The first-order valence-electron chi connectivity index (χ1n) is 7.87. The number of aliphatic hydroxyl groups is 1. The van der Waals surface area contributed by atoms with Crippen LogP contribution in [-0.2, 0) is 24.2 Å². The number of hydrogen-bond acceptors (Lipinski definition) is 2. The average Bonchev–Trinajstić information content (AvgIpc) is 2.57. The maximum absolute atomic E-state index is 11.8. The van der Waals surface area contributed by atoms with Gasteiger partial charge in [-0.15, -0.1) is 0 Å². The van der Waals surface area contributed by atoms with Crippen LogP contribution >= 0.6 is 11.6 Å². The lowest BCUT2D eigenvalue weighted by Crippen LogP contribution is -2.25. The number of hydrogen-bond donors (Lipinski definition) is 2. The molecule has 23 heavy (non-hydrogen) atoms. The number of rotatable bonds is 8. The van der Waals surface area contributed by atoms with Crippen molar-refractivity contribution in [1.82, 2.24) is 5.32 Å². The highest BCUT2D eigenvalue weighted by atomic mass is 35.5. The molecule has 0 aromatic heterocycles. The zero-order valence-corrected chi connectivity index (χ0v) is 13.9. The van der Waals surface area contributed by atoms with E-state index in [0.717, 1.165) is 35.4 Å². The molecule has 0 atom stereocenters. The second-order valence-electron chi connectivity index (χ2n) is 5.55. The third kappa shape index (κ3) is 6.43. The number of aryl methyl sites for hydroxylation is 1. The molecule has 0 aliphatic carbocycles. The predicted molar refractivity (Wildman–Crippen MR) is 93.5 cm³/mol. The highest BCUT2D eigenvalue weighted by Gasteiger charge is 2.02. The third-order valence-electron chi connectivity index (χ3n) is 3.72. The van der Waals surface area contributed by atoms with Gasteiger partial charge < -0.3 is 10.4 Å². The maximum Gasteiger partial charge on any atom is 0.220 e. The molecule has 2 aromatic rings. The number of halogens is 1. The van der Waals surface area contributed by atoms with Crippen molar-refractivity contribution in [3.05, 3.63) is 70.2 Å². The Hall–Kier alpha value is -1.84. The van der Waals surface area contributed by atoms with Crippen molar-refractivity contribution in [3.8, 4) is 0 Å². The highest BCUT2D eigenvalue weighted by molar-refractivity contribution is 6.30. The molecular formula is C19H22ClNO2. The van der Waals surface area contributed by atoms with Gasteiger partial charge in [0, 0.05) is 18.0 Å². The number of benzene rings is 2. The summed E-state index contributed by atoms with van der Waals surface area (Å²) in [7, 11) is 0. The second-order valence-corrected chi connectivity index (χ2v) is 5.99. The Morgan fingerprint density at radius 1 is 0.913 bits per heavy atom. The van der Waals surface area contributed by atoms with Crippen molar-refractivity contribution in [1.29, 1.82) is 0 Å². The normalized spacial score (nSPS) is 10.5. The molecule has 0 aliphatic heterocycles. The topological polar surface area (TPSA) is 49.3 Å². The largest absolute Gasteiger partial charge is 0.392 e. The summed E-state index contributed by atoms with van der Waals surface area (Å²) in [6, 6.07) is 15.5. The highest BCUT2D eigenvalue weighted by Crippen LogP contribution is 2.11. The molecule has 2 aromatic carbocycles. The van der Waals surface area contributed by atoms with Gasteiger partial charge in [0.25, 0.3) is 0 Å². The lowest BCUT2D eigenvalue weighted by molar-refractivity contribution is -0.121. The van der Waals surface area contributed by atoms with E-state index in [0.29, 0.717) is 13.0 Å². The molecule has 0 saturated carbocycles. The average molecular weight is 332 g/mol. The Morgan fingerprint density at radius 2 is 1.48 bits per heavy atom. The first-order chi connectivity index (χ1) is 11.2. The SMILES string of the molecule is O=C(CCCc1ccc(Cl)cc1)NCCc1ccc(CO)cc1. The molecular weight excluding hydrogens is 310 g/mol. The Labute approximate surface area is 142 Å². The summed E-state index contributed by atoms with van der Waals surface area (Å²) in [6.07, 6.45) is 3.05. The minimum atomic E-state index is 0.0602. The van der Waals surface area contributed by atoms with E-state index in [2.05, 4.69) is 5.32 Å². The van der Waals surface area contributed by atoms with E-state index in [1.807, 2.05) is 48.5 Å². The summed E-state index contributed by atoms with van der Waals surface area (Å²) in [5.74, 6) is 0.0888. The second kappa shape index (κ2) is 9.33. The summed E-state index contributed by atoms with van der Waals surface area (Å²) in [5.41, 5.74) is 3.26. The quantitative estimate of drug-likeness (QED) is 0.777. The van der Waals surface area contributed by atoms with Crippen LogP contribution in [-0.4, -0.2) is 17.6 Å². The first kappa shape index (κ1) is 17.5. The Bertz CT molecular complexity index is 608. The van der Waals surface area contributed by atoms with Crippen LogP contribution in [0.15, 0.2) is 48.5 Å². The third-order valence-corrected chi connectivity index (χ3v) is 3.98. The van der Waals surface area contributed by atoms with E-state index in [4.69, 9.17) is 16.7 Å². The van der Waals surface area contributed by atoms with Gasteiger partial charge in [0.15, 0.2) is 0 Å². The molecule has 2 N–H and O–H groups in total. The minimum Gasteiger partial charge on any atom is -0.392 e. The fourth-order valence-electron chi connectivity index (χ4n) is 2.35. The predicted octanol–water partition coefficient (Wildman–Crippen LogP) is 3.51. The molecule has 0 unspecified atom stereocenters. The van der Waals surface area contributed by atoms with Gasteiger partial charge in [0.05, 0.1) is 6.61 Å². The van der Waals surface area contributed by atoms with Crippen molar-refractivity contribution >= 4 is 17.5 Å². The maximum atomic E-state index is 11.8. The van der Waals surface area contributed by atoms with Crippen LogP contribution in [0.4, 0.5) is 0 Å². The number of aliphatic hydroxyl groups excluding tert-OH is 1. The van der Waals surface area contributed by atoms with Crippen LogP contribution in [0.5, 0.6) is 0 Å². The van der Waals surface area contributed by atoms with Gasteiger partial charge in [0.1, 0.15) is 0 Å². The zero-order chi connectivity index (χ0) is 16.5. The van der Waals surface area contributed by atoms with Crippen LogP contribution in [0.2, 0.25) is 5.02 Å². The van der Waals surface area contributed by atoms with Crippen LogP contribution in [0, 0.1) is 0 Å². The minimum absolute atomic E-state index is 0.0602. The zero-order valence-electron chi connectivity index (χ0n) is 13.1. The molecule has 0 spiro atoms. The molecule has 0 fully saturated rings. The van der Waals surface area contributed by atoms with E-state index in [1.54, 1.807) is 0 Å². The van der Waals surface area contributed by atoms with Crippen LogP contribution < -0.4 is 5.32 Å². The molecule has 122 valence electrons. The fraction of sp³-hybridized carbons (Fsp3) is 0.316. The monoisotopic (exact) mass is 331 g/mol. The number of amides is 1. The number of nitrogens with one attached hydrogen (secondary N) is 1. The van der Waals surface area contributed by atoms with Crippen molar-refractivity contribution in [2.45, 2.75) is 32.3 Å². The molecule has 2 rings (SSSR count). The molecule has 0 saturated heterocycles. The van der Waals surface area contributed by atoms with Gasteiger partial charge in [-0.25, -0.2) is 0 Å². The molecule has 1 amide bonds. The Balaban J connectivity index is 1.62. The molecule has 0 bridgehead atoms. The molecule has 4 heteroatoms. The van der Waals surface area contributed by atoms with Crippen molar-refractivity contribution in [2.75, 3.05) is 6.54 Å². The first-order valence-corrected chi connectivity index (χ1v) is 8.25. The van der Waals surface area contributed by atoms with Crippen molar-refractivity contribution in [3.63, 3.8) is 0 Å². The molecule has 0 radical (unpaired) electrons. The Kier molecular flexibility index (Phi) is 7.11. The van der Waals surface area contributed by atoms with E-state index < -0.39 is 0 Å². The summed E-state index contributed by atoms with van der Waals surface area (Å²) in [5, 5.41) is 12.7. The van der Waals surface area contributed by atoms with E-state index in [1.165, 1.54) is 5.56 Å². The molecule has 0 heterocycles. The van der Waals surface area contributed by atoms with Crippen LogP contribution in [0.1, 0.15) is 29.5 Å². The lowest BCUT2D eigenvalue weighted by Gasteiger charge is -2.06. The van der Waals surface area contributed by atoms with Gasteiger partial charge in [0.2, 0.25) is 5.91 Å². The Morgan fingerprint density at radius 3 is 2.13 bits per heavy atom. The van der Waals surface area contributed by atoms with Crippen LogP contribution in [0.25, 0.3) is 0 Å². The number of carbonyl (C=O) groups excluding carboxylic acids is 1. The van der Waals surface area contributed by atoms with E-state index >= 15 is 0 Å². The summed E-state index contributed by atoms with van der Waals surface area (Å²) >= 11 is 5.84. The van der Waals surface area contributed by atoms with Gasteiger partial charge >= 0.3 is 0 Å². The number of carbonyl (C=O) groups is 1. The lowest BCUT2D eigenvalue weighted by atomic mass is 10.1.